The van der Waals surface area contributed by atoms with Gasteiger partial charge in [-0.15, -0.1) is 0 Å². The Morgan fingerprint density at radius 1 is 1.11 bits per heavy atom. The molecule has 8 nitrogen and oxygen atoms in total. The van der Waals surface area contributed by atoms with Gasteiger partial charge in [0, 0.05) is 51.8 Å². The largest absolute Gasteiger partial charge is 0.377 e. The van der Waals surface area contributed by atoms with E-state index in [-0.39, 0.29) is 29.4 Å². The molecule has 1 aromatic rings. The second kappa shape index (κ2) is 8.37. The van der Waals surface area contributed by atoms with Gasteiger partial charge in [0.1, 0.15) is 0 Å². The average molecular weight is 395 g/mol. The van der Waals surface area contributed by atoms with E-state index in [9.17, 15) is 18.0 Å². The average Bonchev–Trinajstić information content (AvgIpc) is 3.20. The Labute approximate surface area is 159 Å². The summed E-state index contributed by atoms with van der Waals surface area (Å²) in [5.41, 5.74) is 0.435. The molecule has 27 heavy (non-hydrogen) atoms. The fraction of sp³-hybridized carbons (Fsp3) is 0.556. The number of nitrogens with one attached hydrogen (secondary N) is 1. The molecule has 0 bridgehead atoms. The Hall–Kier alpha value is -1.97. The molecule has 0 aliphatic carbocycles. The van der Waals surface area contributed by atoms with Crippen molar-refractivity contribution in [2.45, 2.75) is 30.8 Å². The van der Waals surface area contributed by atoms with Crippen molar-refractivity contribution in [1.82, 2.24) is 14.5 Å². The summed E-state index contributed by atoms with van der Waals surface area (Å²) in [6.07, 6.45) is 1.73. The molecule has 0 spiro atoms. The maximum atomic E-state index is 12.6. The van der Waals surface area contributed by atoms with E-state index in [1.807, 2.05) is 0 Å². The first-order valence-electron chi connectivity index (χ1n) is 9.13. The number of hydrogen-bond acceptors (Lipinski definition) is 5. The summed E-state index contributed by atoms with van der Waals surface area (Å²) >= 11 is 0. The number of carbonyl (C=O) groups excluding carboxylic acids is 2. The van der Waals surface area contributed by atoms with Crippen LogP contribution in [0.25, 0.3) is 0 Å². The van der Waals surface area contributed by atoms with Gasteiger partial charge in [-0.3, -0.25) is 9.59 Å². The van der Waals surface area contributed by atoms with Crippen LogP contribution >= 0.6 is 0 Å². The van der Waals surface area contributed by atoms with Crippen molar-refractivity contribution in [2.24, 2.45) is 0 Å². The molecular weight excluding hydrogens is 370 g/mol. The smallest absolute Gasteiger partial charge is 0.253 e. The number of piperazine rings is 1. The molecule has 2 aliphatic heterocycles. The molecule has 1 unspecified atom stereocenters. The van der Waals surface area contributed by atoms with Crippen molar-refractivity contribution in [1.29, 1.82) is 0 Å². The molecule has 0 saturated carbocycles. The zero-order valence-corrected chi connectivity index (χ0v) is 16.2. The van der Waals surface area contributed by atoms with Crippen LogP contribution in [0.15, 0.2) is 29.2 Å². The molecule has 3 rings (SSSR count). The van der Waals surface area contributed by atoms with Gasteiger partial charge in [-0.1, -0.05) is 0 Å². The minimum Gasteiger partial charge on any atom is -0.377 e. The van der Waals surface area contributed by atoms with E-state index in [0.29, 0.717) is 38.3 Å². The zero-order chi connectivity index (χ0) is 19.4. The van der Waals surface area contributed by atoms with Crippen LogP contribution in [-0.4, -0.2) is 75.5 Å². The van der Waals surface area contributed by atoms with E-state index < -0.39 is 10.0 Å². The van der Waals surface area contributed by atoms with E-state index in [4.69, 9.17) is 4.74 Å². The first-order valence-corrected chi connectivity index (χ1v) is 10.6. The lowest BCUT2D eigenvalue weighted by atomic mass is 10.2. The Morgan fingerprint density at radius 2 is 1.74 bits per heavy atom. The number of sulfonamides is 1. The molecule has 2 aliphatic rings. The SMILES string of the molecule is CC(=O)N1CCN(C(=O)c2ccc(S(=O)(=O)NCC3CCCO3)cc2)CC1. The van der Waals surface area contributed by atoms with Crippen LogP contribution in [0.4, 0.5) is 0 Å². The Morgan fingerprint density at radius 3 is 2.30 bits per heavy atom. The van der Waals surface area contributed by atoms with E-state index in [0.717, 1.165) is 12.8 Å². The van der Waals surface area contributed by atoms with Crippen LogP contribution in [0, 0.1) is 0 Å². The van der Waals surface area contributed by atoms with Gasteiger partial charge in [0.25, 0.3) is 5.91 Å². The first-order chi connectivity index (χ1) is 12.9. The lowest BCUT2D eigenvalue weighted by molar-refractivity contribution is -0.130. The fourth-order valence-electron chi connectivity index (χ4n) is 3.27. The van der Waals surface area contributed by atoms with E-state index in [1.54, 1.807) is 9.80 Å². The fourth-order valence-corrected chi connectivity index (χ4v) is 4.34. The summed E-state index contributed by atoms with van der Waals surface area (Å²) in [5, 5.41) is 0. The van der Waals surface area contributed by atoms with E-state index >= 15 is 0 Å². The third-order valence-corrected chi connectivity index (χ3v) is 6.39. The summed E-state index contributed by atoms with van der Waals surface area (Å²) in [4.78, 5) is 27.5. The highest BCUT2D eigenvalue weighted by atomic mass is 32.2. The molecule has 148 valence electrons. The molecule has 1 aromatic carbocycles. The van der Waals surface area contributed by atoms with Crippen LogP contribution in [0.3, 0.4) is 0 Å². The Balaban J connectivity index is 1.59. The molecule has 1 N–H and O–H groups in total. The van der Waals surface area contributed by atoms with Crippen LogP contribution in [0.5, 0.6) is 0 Å². The molecular formula is C18H25N3O5S. The standard InChI is InChI=1S/C18H25N3O5S/c1-14(22)20-8-10-21(11-9-20)18(23)15-4-6-17(7-5-15)27(24,25)19-13-16-3-2-12-26-16/h4-7,16,19H,2-3,8-13H2,1H3. The maximum Gasteiger partial charge on any atom is 0.253 e. The van der Waals surface area contributed by atoms with Crippen molar-refractivity contribution in [3.05, 3.63) is 29.8 Å². The first kappa shape index (κ1) is 19.8. The number of amides is 2. The highest BCUT2D eigenvalue weighted by Crippen LogP contribution is 2.15. The molecule has 0 aromatic heterocycles. The van der Waals surface area contributed by atoms with Gasteiger partial charge in [-0.2, -0.15) is 0 Å². The maximum absolute atomic E-state index is 12.6. The van der Waals surface area contributed by atoms with Gasteiger partial charge in [0.2, 0.25) is 15.9 Å². The second-order valence-electron chi connectivity index (χ2n) is 6.81. The van der Waals surface area contributed by atoms with Crippen molar-refractivity contribution in [3.63, 3.8) is 0 Å². The Kier molecular flexibility index (Phi) is 6.13. The number of carbonyl (C=O) groups is 2. The molecule has 1 atom stereocenters. The van der Waals surface area contributed by atoms with Gasteiger partial charge < -0.3 is 14.5 Å². The molecule has 2 amide bonds. The van der Waals surface area contributed by atoms with Crippen molar-refractivity contribution < 1.29 is 22.7 Å². The number of nitrogens with zero attached hydrogens (tertiary/aromatic N) is 2. The van der Waals surface area contributed by atoms with Crippen LogP contribution in [-0.2, 0) is 19.6 Å². The van der Waals surface area contributed by atoms with Crippen molar-refractivity contribution >= 4 is 21.8 Å². The normalized spacial score (nSPS) is 20.7. The van der Waals surface area contributed by atoms with Crippen molar-refractivity contribution in [2.75, 3.05) is 39.3 Å². The van der Waals surface area contributed by atoms with E-state index in [1.165, 1.54) is 31.2 Å². The second-order valence-corrected chi connectivity index (χ2v) is 8.58. The molecule has 2 heterocycles. The number of benzene rings is 1. The summed E-state index contributed by atoms with van der Waals surface area (Å²) in [6, 6.07) is 5.94. The number of ether oxygens (including phenoxy) is 1. The minimum atomic E-state index is -3.63. The molecule has 2 fully saturated rings. The lowest BCUT2D eigenvalue weighted by Crippen LogP contribution is -2.50. The summed E-state index contributed by atoms with van der Waals surface area (Å²) < 4.78 is 32.7. The van der Waals surface area contributed by atoms with Gasteiger partial charge in [0.15, 0.2) is 0 Å². The summed E-state index contributed by atoms with van der Waals surface area (Å²) in [6.45, 7) is 4.42. The van der Waals surface area contributed by atoms with Gasteiger partial charge >= 0.3 is 0 Å². The molecule has 0 radical (unpaired) electrons. The van der Waals surface area contributed by atoms with Crippen LogP contribution in [0.1, 0.15) is 30.1 Å². The summed E-state index contributed by atoms with van der Waals surface area (Å²) in [7, 11) is -3.63. The third kappa shape index (κ3) is 4.85. The minimum absolute atomic E-state index is 0.00663. The topological polar surface area (TPSA) is 96.0 Å². The van der Waals surface area contributed by atoms with E-state index in [2.05, 4.69) is 4.72 Å². The summed E-state index contributed by atoms with van der Waals surface area (Å²) in [5.74, 6) is -0.151. The zero-order valence-electron chi connectivity index (χ0n) is 15.4. The predicted molar refractivity (Wildman–Crippen MR) is 98.8 cm³/mol. The van der Waals surface area contributed by atoms with Crippen LogP contribution in [0.2, 0.25) is 0 Å². The Bertz CT molecular complexity index is 780. The highest BCUT2D eigenvalue weighted by molar-refractivity contribution is 7.89. The molecule has 9 heteroatoms. The number of hydrogen-bond donors (Lipinski definition) is 1. The lowest BCUT2D eigenvalue weighted by Gasteiger charge is -2.34. The third-order valence-electron chi connectivity index (χ3n) is 4.95. The monoisotopic (exact) mass is 395 g/mol. The highest BCUT2D eigenvalue weighted by Gasteiger charge is 2.24. The quantitative estimate of drug-likeness (QED) is 0.781. The van der Waals surface area contributed by atoms with Gasteiger partial charge in [-0.25, -0.2) is 13.1 Å². The predicted octanol–water partition coefficient (Wildman–Crippen LogP) is 0.448. The molecule has 2 saturated heterocycles. The van der Waals surface area contributed by atoms with Gasteiger partial charge in [0.05, 0.1) is 11.0 Å². The van der Waals surface area contributed by atoms with Crippen molar-refractivity contribution in [3.8, 4) is 0 Å². The van der Waals surface area contributed by atoms with Crippen LogP contribution < -0.4 is 4.72 Å². The number of rotatable bonds is 5. The van der Waals surface area contributed by atoms with Gasteiger partial charge in [-0.05, 0) is 37.1 Å².